The Morgan fingerprint density at radius 1 is 1.19 bits per heavy atom. The van der Waals surface area contributed by atoms with Gasteiger partial charge in [-0.2, -0.15) is 0 Å². The van der Waals surface area contributed by atoms with Crippen molar-refractivity contribution in [1.82, 2.24) is 10.6 Å². The summed E-state index contributed by atoms with van der Waals surface area (Å²) in [7, 11) is 3.09. The van der Waals surface area contributed by atoms with Gasteiger partial charge in [0.05, 0.1) is 13.2 Å². The van der Waals surface area contributed by atoms with Crippen LogP contribution in [0.3, 0.4) is 0 Å². The number of nitrogens with zero attached hydrogens (tertiary/aromatic N) is 1. The second-order valence-corrected chi connectivity index (χ2v) is 6.19. The number of rotatable bonds is 9. The molecule has 0 saturated heterocycles. The van der Waals surface area contributed by atoms with E-state index in [9.17, 15) is 4.79 Å². The summed E-state index contributed by atoms with van der Waals surface area (Å²) in [5.74, 6) is 1.24. The molecule has 3 N–H and O–H groups in total. The molecule has 0 aliphatic carbocycles. The van der Waals surface area contributed by atoms with Gasteiger partial charge >= 0.3 is 6.09 Å². The van der Waals surface area contributed by atoms with Gasteiger partial charge in [-0.1, -0.05) is 26.0 Å². The summed E-state index contributed by atoms with van der Waals surface area (Å²) in [6.45, 7) is 8.53. The summed E-state index contributed by atoms with van der Waals surface area (Å²) in [4.78, 5) is 15.4. The number of aliphatic imine (C=N–C) groups is 1. The molecular weight excluding hydrogens is 332 g/mol. The van der Waals surface area contributed by atoms with E-state index in [1.54, 1.807) is 7.05 Å². The smallest absolute Gasteiger partial charge is 0.411 e. The zero-order chi connectivity index (χ0) is 19.4. The lowest BCUT2D eigenvalue weighted by atomic mass is 10.0. The molecule has 1 amide bonds. The van der Waals surface area contributed by atoms with Gasteiger partial charge in [0.25, 0.3) is 0 Å². The van der Waals surface area contributed by atoms with Crippen LogP contribution in [0.1, 0.15) is 32.8 Å². The summed E-state index contributed by atoms with van der Waals surface area (Å²) in [5, 5.41) is 9.22. The molecule has 0 heterocycles. The van der Waals surface area contributed by atoms with Crippen molar-refractivity contribution in [2.45, 2.75) is 39.8 Å². The predicted octanol–water partition coefficient (Wildman–Crippen LogP) is 2.98. The maximum absolute atomic E-state index is 11.2. The number of ether oxygens (including phenoxy) is 2. The molecule has 1 atom stereocenters. The van der Waals surface area contributed by atoms with Gasteiger partial charge in [0.2, 0.25) is 0 Å². The van der Waals surface area contributed by atoms with Crippen molar-refractivity contribution in [2.75, 3.05) is 32.6 Å². The number of methoxy groups -OCH3 is 1. The monoisotopic (exact) mass is 364 g/mol. The molecule has 0 aliphatic heterocycles. The van der Waals surface area contributed by atoms with Crippen molar-refractivity contribution in [3.8, 4) is 0 Å². The van der Waals surface area contributed by atoms with E-state index in [0.29, 0.717) is 18.2 Å². The average Bonchev–Trinajstić information content (AvgIpc) is 2.64. The van der Waals surface area contributed by atoms with Crippen LogP contribution in [0.4, 0.5) is 10.5 Å². The molecule has 0 fully saturated rings. The third-order valence-electron chi connectivity index (χ3n) is 3.91. The highest BCUT2D eigenvalue weighted by molar-refractivity contribution is 5.84. The van der Waals surface area contributed by atoms with Gasteiger partial charge in [0, 0.05) is 32.4 Å². The minimum atomic E-state index is -0.479. The Morgan fingerprint density at radius 2 is 1.88 bits per heavy atom. The molecule has 0 bridgehead atoms. The third-order valence-corrected chi connectivity index (χ3v) is 3.91. The highest BCUT2D eigenvalue weighted by Gasteiger charge is 2.12. The number of hydrogen-bond acceptors (Lipinski definition) is 4. The Labute approximate surface area is 156 Å². The number of nitrogens with one attached hydrogen (secondary N) is 3. The molecule has 0 aliphatic rings. The lowest BCUT2D eigenvalue weighted by Gasteiger charge is -2.21. The Morgan fingerprint density at radius 3 is 2.42 bits per heavy atom. The van der Waals surface area contributed by atoms with Crippen molar-refractivity contribution in [2.24, 2.45) is 10.9 Å². The Balaban J connectivity index is 2.40. The van der Waals surface area contributed by atoms with E-state index in [1.807, 2.05) is 31.2 Å². The SMILES string of the molecule is CCOC(CCNC(=NC)NCc1ccc(NC(=O)OC)cc1)C(C)C. The molecule has 0 saturated carbocycles. The molecule has 1 unspecified atom stereocenters. The van der Waals surface area contributed by atoms with Crippen LogP contribution in [0.25, 0.3) is 0 Å². The highest BCUT2D eigenvalue weighted by atomic mass is 16.5. The van der Waals surface area contributed by atoms with Gasteiger partial charge in [0.15, 0.2) is 5.96 Å². The van der Waals surface area contributed by atoms with Crippen LogP contribution in [0, 0.1) is 5.92 Å². The maximum atomic E-state index is 11.2. The van der Waals surface area contributed by atoms with E-state index in [2.05, 4.69) is 39.5 Å². The first-order valence-electron chi connectivity index (χ1n) is 9.00. The minimum absolute atomic E-state index is 0.250. The van der Waals surface area contributed by atoms with Crippen LogP contribution >= 0.6 is 0 Å². The summed E-state index contributed by atoms with van der Waals surface area (Å²) >= 11 is 0. The molecule has 1 aromatic carbocycles. The first-order valence-corrected chi connectivity index (χ1v) is 9.00. The molecule has 0 aromatic heterocycles. The lowest BCUT2D eigenvalue weighted by Crippen LogP contribution is -2.38. The normalized spacial score (nSPS) is 12.6. The zero-order valence-electron chi connectivity index (χ0n) is 16.5. The van der Waals surface area contributed by atoms with E-state index in [4.69, 9.17) is 4.74 Å². The molecular formula is C19H32N4O3. The van der Waals surface area contributed by atoms with Gasteiger partial charge in [-0.3, -0.25) is 10.3 Å². The quantitative estimate of drug-likeness (QED) is 0.463. The highest BCUT2D eigenvalue weighted by Crippen LogP contribution is 2.11. The van der Waals surface area contributed by atoms with Crippen LogP contribution in [0.5, 0.6) is 0 Å². The average molecular weight is 364 g/mol. The summed E-state index contributed by atoms with van der Waals surface area (Å²) in [5.41, 5.74) is 1.77. The number of benzene rings is 1. The fourth-order valence-corrected chi connectivity index (χ4v) is 2.44. The molecule has 0 spiro atoms. The number of carbonyl (C=O) groups is 1. The number of guanidine groups is 1. The van der Waals surface area contributed by atoms with Crippen molar-refractivity contribution in [3.63, 3.8) is 0 Å². The number of amides is 1. The predicted molar refractivity (Wildman–Crippen MR) is 106 cm³/mol. The largest absolute Gasteiger partial charge is 0.453 e. The van der Waals surface area contributed by atoms with E-state index in [0.717, 1.165) is 31.1 Å². The zero-order valence-corrected chi connectivity index (χ0v) is 16.5. The van der Waals surface area contributed by atoms with Gasteiger partial charge < -0.3 is 20.1 Å². The van der Waals surface area contributed by atoms with Crippen molar-refractivity contribution in [3.05, 3.63) is 29.8 Å². The Bertz CT molecular complexity index is 558. The number of anilines is 1. The summed E-state index contributed by atoms with van der Waals surface area (Å²) in [6, 6.07) is 7.55. The first-order chi connectivity index (χ1) is 12.5. The Kier molecular flexibility index (Phi) is 10.2. The first kappa shape index (κ1) is 21.8. The molecule has 1 rings (SSSR count). The van der Waals surface area contributed by atoms with Crippen LogP contribution < -0.4 is 16.0 Å². The molecule has 0 radical (unpaired) electrons. The van der Waals surface area contributed by atoms with Gasteiger partial charge in [0.1, 0.15) is 0 Å². The van der Waals surface area contributed by atoms with Gasteiger partial charge in [-0.25, -0.2) is 4.79 Å². The van der Waals surface area contributed by atoms with Gasteiger partial charge in [-0.05, 0) is 37.0 Å². The van der Waals surface area contributed by atoms with E-state index < -0.39 is 6.09 Å². The van der Waals surface area contributed by atoms with Crippen LogP contribution in [-0.2, 0) is 16.0 Å². The van der Waals surface area contributed by atoms with E-state index >= 15 is 0 Å². The maximum Gasteiger partial charge on any atom is 0.411 e. The summed E-state index contributed by atoms with van der Waals surface area (Å²) < 4.78 is 10.3. The number of carbonyl (C=O) groups excluding carboxylic acids is 1. The van der Waals surface area contributed by atoms with Crippen molar-refractivity contribution < 1.29 is 14.3 Å². The fraction of sp³-hybridized carbons (Fsp3) is 0.579. The molecule has 1 aromatic rings. The topological polar surface area (TPSA) is 84.0 Å². The molecule has 7 heteroatoms. The van der Waals surface area contributed by atoms with E-state index in [-0.39, 0.29) is 6.10 Å². The van der Waals surface area contributed by atoms with Crippen LogP contribution in [0.2, 0.25) is 0 Å². The second-order valence-electron chi connectivity index (χ2n) is 6.19. The van der Waals surface area contributed by atoms with Crippen LogP contribution in [0.15, 0.2) is 29.3 Å². The molecule has 7 nitrogen and oxygen atoms in total. The number of hydrogen-bond donors (Lipinski definition) is 3. The Hall–Kier alpha value is -2.28. The lowest BCUT2D eigenvalue weighted by molar-refractivity contribution is 0.0258. The molecule has 26 heavy (non-hydrogen) atoms. The van der Waals surface area contributed by atoms with Crippen molar-refractivity contribution in [1.29, 1.82) is 0 Å². The molecule has 146 valence electrons. The minimum Gasteiger partial charge on any atom is -0.453 e. The third kappa shape index (κ3) is 8.20. The second kappa shape index (κ2) is 12.1. The van der Waals surface area contributed by atoms with Crippen LogP contribution in [-0.4, -0.2) is 45.5 Å². The summed E-state index contributed by atoms with van der Waals surface area (Å²) in [6.07, 6.45) is 0.702. The van der Waals surface area contributed by atoms with Gasteiger partial charge in [-0.15, -0.1) is 0 Å². The fourth-order valence-electron chi connectivity index (χ4n) is 2.44. The van der Waals surface area contributed by atoms with E-state index in [1.165, 1.54) is 7.11 Å². The standard InChI is InChI=1S/C19H32N4O3/c1-6-26-17(14(2)3)11-12-21-18(20-4)22-13-15-7-9-16(10-8-15)23-19(24)25-5/h7-10,14,17H,6,11-13H2,1-5H3,(H,23,24)(H2,20,21,22). The van der Waals surface area contributed by atoms with Crippen molar-refractivity contribution >= 4 is 17.7 Å².